The number of nitriles is 1. The fourth-order valence-electron chi connectivity index (χ4n) is 2.57. The van der Waals surface area contributed by atoms with Crippen molar-refractivity contribution in [1.29, 1.82) is 5.26 Å². The van der Waals surface area contributed by atoms with Crippen LogP contribution in [-0.2, 0) is 0 Å². The summed E-state index contributed by atoms with van der Waals surface area (Å²) in [5.74, 6) is 0.719. The van der Waals surface area contributed by atoms with E-state index in [1.54, 1.807) is 24.3 Å². The normalized spacial score (nSPS) is 18.3. The predicted octanol–water partition coefficient (Wildman–Crippen LogP) is 3.18. The number of hydrogen-bond acceptors (Lipinski definition) is 2. The maximum absolute atomic E-state index is 12.4. The largest absolute Gasteiger partial charge is 0.336 e. The third-order valence-electron chi connectivity index (χ3n) is 3.57. The van der Waals surface area contributed by atoms with E-state index >= 15 is 0 Å². The second kappa shape index (κ2) is 6.58. The highest BCUT2D eigenvalue weighted by Gasteiger charge is 2.28. The van der Waals surface area contributed by atoms with Crippen LogP contribution in [0.4, 0.5) is 0 Å². The van der Waals surface area contributed by atoms with Gasteiger partial charge in [0.1, 0.15) is 0 Å². The lowest BCUT2D eigenvalue weighted by atomic mass is 10.1. The Morgan fingerprint density at radius 3 is 2.79 bits per heavy atom. The zero-order chi connectivity index (χ0) is 13.7. The number of likely N-dealkylation sites (tertiary alicyclic amines) is 1. The van der Waals surface area contributed by atoms with Gasteiger partial charge < -0.3 is 4.90 Å². The monoisotopic (exact) mass is 276 g/mol. The summed E-state index contributed by atoms with van der Waals surface area (Å²) in [6, 6.07) is 9.23. The summed E-state index contributed by atoms with van der Waals surface area (Å²) < 4.78 is 0. The first-order chi connectivity index (χ1) is 9.26. The molecule has 1 aliphatic heterocycles. The standard InChI is InChI=1S/C15H17ClN2O/c16-9-1-3-14-4-2-10-18(14)15(19)13-7-5-12(11-17)6-8-13/h5-8,14H,1-4,9-10H2. The first-order valence-electron chi connectivity index (χ1n) is 6.63. The van der Waals surface area contributed by atoms with Gasteiger partial charge in [-0.2, -0.15) is 5.26 Å². The van der Waals surface area contributed by atoms with Crippen LogP contribution in [0.5, 0.6) is 0 Å². The Bertz CT molecular complexity index is 478. The fourth-order valence-corrected chi connectivity index (χ4v) is 2.72. The highest BCUT2D eigenvalue weighted by molar-refractivity contribution is 6.17. The average molecular weight is 277 g/mol. The van der Waals surface area contributed by atoms with Crippen LogP contribution in [0.1, 0.15) is 41.6 Å². The molecule has 0 bridgehead atoms. The zero-order valence-electron chi connectivity index (χ0n) is 10.8. The summed E-state index contributed by atoms with van der Waals surface area (Å²) in [6.07, 6.45) is 4.06. The Morgan fingerprint density at radius 1 is 1.42 bits per heavy atom. The van der Waals surface area contributed by atoms with Gasteiger partial charge in [-0.25, -0.2) is 0 Å². The summed E-state index contributed by atoms with van der Waals surface area (Å²) in [4.78, 5) is 14.4. The minimum atomic E-state index is 0.0709. The van der Waals surface area contributed by atoms with E-state index in [9.17, 15) is 4.79 Å². The molecule has 1 atom stereocenters. The number of hydrogen-bond donors (Lipinski definition) is 0. The van der Waals surface area contributed by atoms with E-state index in [1.807, 2.05) is 4.90 Å². The molecule has 0 aromatic heterocycles. The first kappa shape index (κ1) is 13.9. The molecule has 1 aliphatic rings. The van der Waals surface area contributed by atoms with Crippen LogP contribution in [0.3, 0.4) is 0 Å². The van der Waals surface area contributed by atoms with Gasteiger partial charge in [0.05, 0.1) is 11.6 Å². The molecule has 0 saturated carbocycles. The molecule has 4 heteroatoms. The van der Waals surface area contributed by atoms with Gasteiger partial charge in [-0.15, -0.1) is 11.6 Å². The Morgan fingerprint density at radius 2 is 2.16 bits per heavy atom. The predicted molar refractivity (Wildman–Crippen MR) is 75.2 cm³/mol. The maximum atomic E-state index is 12.4. The van der Waals surface area contributed by atoms with Crippen molar-refractivity contribution in [3.05, 3.63) is 35.4 Å². The molecule has 1 aromatic rings. The molecule has 1 fully saturated rings. The van der Waals surface area contributed by atoms with Gasteiger partial charge in [-0.3, -0.25) is 4.79 Å². The first-order valence-corrected chi connectivity index (χ1v) is 7.17. The Balaban J connectivity index is 2.07. The zero-order valence-corrected chi connectivity index (χ0v) is 11.6. The third kappa shape index (κ3) is 3.27. The summed E-state index contributed by atoms with van der Waals surface area (Å²) in [5, 5.41) is 8.76. The van der Waals surface area contributed by atoms with Crippen molar-refractivity contribution in [1.82, 2.24) is 4.90 Å². The van der Waals surface area contributed by atoms with E-state index in [0.29, 0.717) is 23.0 Å². The van der Waals surface area contributed by atoms with Gasteiger partial charge >= 0.3 is 0 Å². The molecule has 0 aliphatic carbocycles. The number of benzene rings is 1. The number of alkyl halides is 1. The Labute approximate surface area is 118 Å². The summed E-state index contributed by atoms with van der Waals surface area (Å²) >= 11 is 5.72. The van der Waals surface area contributed by atoms with Crippen molar-refractivity contribution >= 4 is 17.5 Å². The lowest BCUT2D eigenvalue weighted by Gasteiger charge is -2.24. The topological polar surface area (TPSA) is 44.1 Å². The molecular formula is C15H17ClN2O. The second-order valence-electron chi connectivity index (χ2n) is 4.81. The van der Waals surface area contributed by atoms with E-state index in [-0.39, 0.29) is 5.91 Å². The van der Waals surface area contributed by atoms with Crippen LogP contribution in [0.25, 0.3) is 0 Å². The molecule has 0 radical (unpaired) electrons. The van der Waals surface area contributed by atoms with Crippen molar-refractivity contribution in [3.63, 3.8) is 0 Å². The highest BCUT2D eigenvalue weighted by Crippen LogP contribution is 2.23. The molecule has 19 heavy (non-hydrogen) atoms. The van der Waals surface area contributed by atoms with Crippen molar-refractivity contribution in [2.45, 2.75) is 31.7 Å². The molecule has 1 unspecified atom stereocenters. The summed E-state index contributed by atoms with van der Waals surface area (Å²) in [5.41, 5.74) is 1.24. The van der Waals surface area contributed by atoms with Crippen LogP contribution in [0.2, 0.25) is 0 Å². The van der Waals surface area contributed by atoms with E-state index in [0.717, 1.165) is 32.2 Å². The Kier molecular flexibility index (Phi) is 4.81. The third-order valence-corrected chi connectivity index (χ3v) is 3.84. The van der Waals surface area contributed by atoms with Gasteiger partial charge in [0, 0.05) is 24.0 Å². The molecule has 0 spiro atoms. The molecule has 100 valence electrons. The van der Waals surface area contributed by atoms with Crippen LogP contribution < -0.4 is 0 Å². The molecular weight excluding hydrogens is 260 g/mol. The van der Waals surface area contributed by atoms with Crippen molar-refractivity contribution in [2.75, 3.05) is 12.4 Å². The molecule has 1 amide bonds. The van der Waals surface area contributed by atoms with Crippen LogP contribution in [-0.4, -0.2) is 29.3 Å². The minimum absolute atomic E-state index is 0.0709. The smallest absolute Gasteiger partial charge is 0.254 e. The van der Waals surface area contributed by atoms with Crippen molar-refractivity contribution < 1.29 is 4.79 Å². The Hall–Kier alpha value is -1.53. The lowest BCUT2D eigenvalue weighted by Crippen LogP contribution is -2.35. The molecule has 3 nitrogen and oxygen atoms in total. The maximum Gasteiger partial charge on any atom is 0.254 e. The van der Waals surface area contributed by atoms with Gasteiger partial charge in [-0.1, -0.05) is 0 Å². The van der Waals surface area contributed by atoms with E-state index in [4.69, 9.17) is 16.9 Å². The van der Waals surface area contributed by atoms with E-state index < -0.39 is 0 Å². The fraction of sp³-hybridized carbons (Fsp3) is 0.467. The van der Waals surface area contributed by atoms with Crippen LogP contribution in [0, 0.1) is 11.3 Å². The van der Waals surface area contributed by atoms with Crippen LogP contribution in [0.15, 0.2) is 24.3 Å². The molecule has 1 aromatic carbocycles. The number of carbonyl (C=O) groups is 1. The summed E-state index contributed by atoms with van der Waals surface area (Å²) in [6.45, 7) is 0.825. The highest BCUT2D eigenvalue weighted by atomic mass is 35.5. The van der Waals surface area contributed by atoms with Crippen molar-refractivity contribution in [2.24, 2.45) is 0 Å². The van der Waals surface area contributed by atoms with Crippen molar-refractivity contribution in [3.8, 4) is 6.07 Å². The number of nitrogens with zero attached hydrogens (tertiary/aromatic N) is 2. The quantitative estimate of drug-likeness (QED) is 0.793. The number of carbonyl (C=O) groups excluding carboxylic acids is 1. The van der Waals surface area contributed by atoms with Crippen LogP contribution >= 0.6 is 11.6 Å². The number of halogens is 1. The molecule has 0 N–H and O–H groups in total. The lowest BCUT2D eigenvalue weighted by molar-refractivity contribution is 0.0730. The SMILES string of the molecule is N#Cc1ccc(C(=O)N2CCCC2CCCCl)cc1. The van der Waals surface area contributed by atoms with E-state index in [1.165, 1.54) is 0 Å². The number of amides is 1. The van der Waals surface area contributed by atoms with Gasteiger partial charge in [0.15, 0.2) is 0 Å². The minimum Gasteiger partial charge on any atom is -0.336 e. The molecule has 1 heterocycles. The average Bonchev–Trinajstić information content (AvgIpc) is 2.92. The second-order valence-corrected chi connectivity index (χ2v) is 5.19. The molecule has 2 rings (SSSR count). The number of rotatable bonds is 4. The molecule has 1 saturated heterocycles. The van der Waals surface area contributed by atoms with E-state index in [2.05, 4.69) is 6.07 Å². The van der Waals surface area contributed by atoms with Gasteiger partial charge in [0.25, 0.3) is 5.91 Å². The van der Waals surface area contributed by atoms with Gasteiger partial charge in [-0.05, 0) is 49.9 Å². The summed E-state index contributed by atoms with van der Waals surface area (Å²) in [7, 11) is 0. The van der Waals surface area contributed by atoms with Gasteiger partial charge in [0.2, 0.25) is 0 Å².